The molecule has 4 heteroatoms. The molecule has 23 heavy (non-hydrogen) atoms. The molecule has 2 aromatic rings. The summed E-state index contributed by atoms with van der Waals surface area (Å²) in [6.07, 6.45) is 2.04. The van der Waals surface area contributed by atoms with Crippen molar-refractivity contribution in [1.82, 2.24) is 0 Å². The van der Waals surface area contributed by atoms with Crippen LogP contribution in [0.15, 0.2) is 59.5 Å². The fourth-order valence-corrected chi connectivity index (χ4v) is 3.30. The molecule has 0 aliphatic heterocycles. The van der Waals surface area contributed by atoms with Crippen LogP contribution in [0.2, 0.25) is 0 Å². The van der Waals surface area contributed by atoms with E-state index in [1.54, 1.807) is 18.9 Å². The fraction of sp³-hybridized carbons (Fsp3) is 0.316. The van der Waals surface area contributed by atoms with Crippen molar-refractivity contribution in [2.24, 2.45) is 0 Å². The molecule has 0 aromatic heterocycles. The highest BCUT2D eigenvalue weighted by atomic mass is 32.2. The second-order valence-electron chi connectivity index (χ2n) is 5.29. The minimum absolute atomic E-state index is 0.196. The first-order valence-electron chi connectivity index (χ1n) is 7.43. The molecule has 3 nitrogen and oxygen atoms in total. The Labute approximate surface area is 142 Å². The summed E-state index contributed by atoms with van der Waals surface area (Å²) in [6.45, 7) is 1.99. The van der Waals surface area contributed by atoms with Crippen LogP contribution in [-0.4, -0.2) is 26.4 Å². The molecule has 0 spiro atoms. The summed E-state index contributed by atoms with van der Waals surface area (Å²) in [5.41, 5.74) is 0.645. The molecule has 2 unspecified atom stereocenters. The van der Waals surface area contributed by atoms with E-state index in [0.29, 0.717) is 0 Å². The van der Waals surface area contributed by atoms with Crippen LogP contribution in [0.25, 0.3) is 0 Å². The van der Waals surface area contributed by atoms with Crippen molar-refractivity contribution in [3.63, 3.8) is 0 Å². The van der Waals surface area contributed by atoms with E-state index in [1.807, 2.05) is 55.6 Å². The quantitative estimate of drug-likeness (QED) is 0.586. The third kappa shape index (κ3) is 3.28. The van der Waals surface area contributed by atoms with Gasteiger partial charge >= 0.3 is 5.97 Å². The molecular weight excluding hydrogens is 308 g/mol. The van der Waals surface area contributed by atoms with Gasteiger partial charge in [-0.3, -0.25) is 0 Å². The van der Waals surface area contributed by atoms with Gasteiger partial charge in [0.1, 0.15) is 0 Å². The standard InChI is InChI=1S/C19H22O3S/c1-14(15-10-12-17(23-4)13-11-15)19(22-3,18(20)21-2)16-8-6-5-7-9-16/h5-14H,1-4H3. The smallest absolute Gasteiger partial charge is 0.343 e. The van der Waals surface area contributed by atoms with Crippen molar-refractivity contribution in [2.75, 3.05) is 20.5 Å². The van der Waals surface area contributed by atoms with Crippen molar-refractivity contribution in [3.05, 3.63) is 65.7 Å². The lowest BCUT2D eigenvalue weighted by Crippen LogP contribution is -2.43. The van der Waals surface area contributed by atoms with Crippen molar-refractivity contribution >= 4 is 17.7 Å². The van der Waals surface area contributed by atoms with Crippen molar-refractivity contribution in [1.29, 1.82) is 0 Å². The molecule has 0 saturated carbocycles. The molecule has 0 amide bonds. The third-order valence-corrected chi connectivity index (χ3v) is 4.98. The molecular formula is C19H22O3S. The largest absolute Gasteiger partial charge is 0.467 e. The first-order chi connectivity index (χ1) is 11.1. The zero-order valence-corrected chi connectivity index (χ0v) is 14.7. The number of esters is 1. The average Bonchev–Trinajstić information content (AvgIpc) is 2.63. The number of benzene rings is 2. The monoisotopic (exact) mass is 330 g/mol. The second-order valence-corrected chi connectivity index (χ2v) is 6.17. The predicted octanol–water partition coefficient (Wildman–Crippen LogP) is 4.23. The molecule has 0 fully saturated rings. The van der Waals surface area contributed by atoms with Crippen LogP contribution in [0.3, 0.4) is 0 Å². The lowest BCUT2D eigenvalue weighted by molar-refractivity contribution is -0.170. The van der Waals surface area contributed by atoms with Gasteiger partial charge in [0.15, 0.2) is 5.60 Å². The molecule has 0 saturated heterocycles. The van der Waals surface area contributed by atoms with E-state index in [0.717, 1.165) is 11.1 Å². The SMILES string of the molecule is COC(=O)C(OC)(c1ccccc1)C(C)c1ccc(SC)cc1. The Balaban J connectivity index is 2.53. The van der Waals surface area contributed by atoms with Gasteiger partial charge in [-0.15, -0.1) is 11.8 Å². The van der Waals surface area contributed by atoms with Gasteiger partial charge in [0.25, 0.3) is 0 Å². The van der Waals surface area contributed by atoms with E-state index in [2.05, 4.69) is 12.1 Å². The maximum absolute atomic E-state index is 12.7. The number of carbonyl (C=O) groups is 1. The molecule has 0 heterocycles. The summed E-state index contributed by atoms with van der Waals surface area (Å²) in [5.74, 6) is -0.592. The zero-order valence-electron chi connectivity index (χ0n) is 13.9. The highest BCUT2D eigenvalue weighted by molar-refractivity contribution is 7.98. The van der Waals surface area contributed by atoms with Gasteiger partial charge in [-0.25, -0.2) is 4.79 Å². The van der Waals surface area contributed by atoms with Crippen molar-refractivity contribution in [2.45, 2.75) is 23.3 Å². The van der Waals surface area contributed by atoms with Crippen molar-refractivity contribution in [3.8, 4) is 0 Å². The second kappa shape index (κ2) is 7.66. The van der Waals surface area contributed by atoms with Gasteiger partial charge in [0, 0.05) is 17.9 Å². The van der Waals surface area contributed by atoms with E-state index < -0.39 is 11.6 Å². The Morgan fingerprint density at radius 2 is 1.65 bits per heavy atom. The van der Waals surface area contributed by atoms with Crippen molar-refractivity contribution < 1.29 is 14.3 Å². The van der Waals surface area contributed by atoms with E-state index in [1.165, 1.54) is 12.0 Å². The summed E-state index contributed by atoms with van der Waals surface area (Å²) in [5, 5.41) is 0. The molecule has 0 aliphatic rings. The van der Waals surface area contributed by atoms with E-state index in [9.17, 15) is 4.79 Å². The summed E-state index contributed by atoms with van der Waals surface area (Å²) < 4.78 is 10.9. The minimum Gasteiger partial charge on any atom is -0.467 e. The number of hydrogen-bond donors (Lipinski definition) is 0. The number of methoxy groups -OCH3 is 2. The number of rotatable bonds is 6. The summed E-state index contributed by atoms with van der Waals surface area (Å²) >= 11 is 1.69. The summed E-state index contributed by atoms with van der Waals surface area (Å²) in [6, 6.07) is 17.7. The topological polar surface area (TPSA) is 35.5 Å². The van der Waals surface area contributed by atoms with Crippen LogP contribution in [0.1, 0.15) is 24.0 Å². The number of ether oxygens (including phenoxy) is 2. The molecule has 0 aliphatic carbocycles. The first-order valence-corrected chi connectivity index (χ1v) is 8.65. The summed E-state index contributed by atoms with van der Waals surface area (Å²) in [4.78, 5) is 13.8. The van der Waals surface area contributed by atoms with Crippen LogP contribution in [0.5, 0.6) is 0 Å². The van der Waals surface area contributed by atoms with Crippen LogP contribution in [-0.2, 0) is 19.9 Å². The fourth-order valence-electron chi connectivity index (χ4n) is 2.89. The third-order valence-electron chi connectivity index (χ3n) is 4.24. The van der Waals surface area contributed by atoms with Gasteiger partial charge in [0.05, 0.1) is 7.11 Å². The molecule has 0 radical (unpaired) electrons. The Kier molecular flexibility index (Phi) is 5.85. The van der Waals surface area contributed by atoms with Crippen LogP contribution in [0, 0.1) is 0 Å². The highest BCUT2D eigenvalue weighted by Crippen LogP contribution is 2.41. The normalized spacial score (nSPS) is 14.8. The summed E-state index contributed by atoms with van der Waals surface area (Å²) in [7, 11) is 2.94. The Hall–Kier alpha value is -1.78. The number of hydrogen-bond acceptors (Lipinski definition) is 4. The van der Waals surface area contributed by atoms with E-state index >= 15 is 0 Å². The maximum atomic E-state index is 12.7. The maximum Gasteiger partial charge on any atom is 0.343 e. The Morgan fingerprint density at radius 1 is 1.04 bits per heavy atom. The molecule has 0 N–H and O–H groups in total. The van der Waals surface area contributed by atoms with Crippen LogP contribution >= 0.6 is 11.8 Å². The van der Waals surface area contributed by atoms with E-state index in [-0.39, 0.29) is 5.92 Å². The first kappa shape index (κ1) is 17.6. The average molecular weight is 330 g/mol. The molecule has 2 rings (SSSR count). The number of carbonyl (C=O) groups excluding carboxylic acids is 1. The van der Waals surface area contributed by atoms with Gasteiger partial charge in [-0.1, -0.05) is 49.4 Å². The molecule has 2 aromatic carbocycles. The Bertz CT molecular complexity index is 639. The molecule has 2 atom stereocenters. The highest BCUT2D eigenvalue weighted by Gasteiger charge is 2.47. The van der Waals surface area contributed by atoms with Gasteiger partial charge in [-0.2, -0.15) is 0 Å². The number of thioether (sulfide) groups is 1. The minimum atomic E-state index is -1.17. The van der Waals surface area contributed by atoms with Crippen LogP contribution in [0.4, 0.5) is 0 Å². The van der Waals surface area contributed by atoms with E-state index in [4.69, 9.17) is 9.47 Å². The molecule has 0 bridgehead atoms. The van der Waals surface area contributed by atoms with Gasteiger partial charge in [-0.05, 0) is 29.5 Å². The lowest BCUT2D eigenvalue weighted by atomic mass is 9.78. The Morgan fingerprint density at radius 3 is 2.13 bits per heavy atom. The van der Waals surface area contributed by atoms with Crippen LogP contribution < -0.4 is 0 Å². The molecule has 122 valence electrons. The lowest BCUT2D eigenvalue weighted by Gasteiger charge is -2.36. The zero-order chi connectivity index (χ0) is 16.9. The van der Waals surface area contributed by atoms with Gasteiger partial charge < -0.3 is 9.47 Å². The van der Waals surface area contributed by atoms with Gasteiger partial charge in [0.2, 0.25) is 0 Å². The predicted molar refractivity (Wildman–Crippen MR) is 93.8 cm³/mol.